The third kappa shape index (κ3) is 6.45. The standard InChI is InChI=1S/C53H33N5/c54-34-35-28-30-36(31-29-35)43-24-13-25-44(39-18-11-20-41(32-39)52-55-47-26-9-7-22-45(47)50(57-52)37-14-3-1-4-15-37)49(43)40-19-12-21-42(33-40)53-56-48-27-10-8-23-46(48)51(58-53)38-16-5-2-6-17-38/h1-33H. The minimum Gasteiger partial charge on any atom is -0.228 e. The fourth-order valence-corrected chi connectivity index (χ4v) is 7.75. The SMILES string of the molecule is N#Cc1ccc(-c2cccc(-c3cccc(-c4nc(-c5ccccc5)c5ccccc5n4)c3)c2-c2cccc(-c3nc(-c4ccccc4)c4ccccc4n3)c2)cc1. The number of nitriles is 1. The molecule has 0 aliphatic heterocycles. The van der Waals surface area contributed by atoms with Crippen molar-refractivity contribution in [1.29, 1.82) is 5.26 Å². The van der Waals surface area contributed by atoms with Crippen LogP contribution in [-0.4, -0.2) is 19.9 Å². The smallest absolute Gasteiger partial charge is 0.160 e. The van der Waals surface area contributed by atoms with Gasteiger partial charge in [0.05, 0.1) is 34.1 Å². The van der Waals surface area contributed by atoms with Crippen molar-refractivity contribution in [3.8, 4) is 84.7 Å². The summed E-state index contributed by atoms with van der Waals surface area (Å²) in [6, 6.07) is 70.4. The second kappa shape index (κ2) is 14.9. The first-order valence-electron chi connectivity index (χ1n) is 19.2. The zero-order chi connectivity index (χ0) is 38.8. The first-order valence-corrected chi connectivity index (χ1v) is 19.2. The monoisotopic (exact) mass is 739 g/mol. The molecule has 8 aromatic carbocycles. The molecule has 2 heterocycles. The Morgan fingerprint density at radius 3 is 1.31 bits per heavy atom. The predicted octanol–water partition coefficient (Wildman–Crippen LogP) is 13.1. The Morgan fingerprint density at radius 2 is 0.759 bits per heavy atom. The van der Waals surface area contributed by atoms with Crippen LogP contribution in [0.2, 0.25) is 0 Å². The molecule has 2 aromatic heterocycles. The van der Waals surface area contributed by atoms with Crippen molar-refractivity contribution >= 4 is 21.8 Å². The Morgan fingerprint density at radius 1 is 0.328 bits per heavy atom. The van der Waals surface area contributed by atoms with Crippen molar-refractivity contribution in [1.82, 2.24) is 19.9 Å². The first-order chi connectivity index (χ1) is 28.7. The van der Waals surface area contributed by atoms with Gasteiger partial charge in [-0.05, 0) is 69.8 Å². The van der Waals surface area contributed by atoms with E-state index in [1.165, 1.54) is 0 Å². The highest BCUT2D eigenvalue weighted by Gasteiger charge is 2.18. The number of nitrogens with zero attached hydrogens (tertiary/aromatic N) is 5. The lowest BCUT2D eigenvalue weighted by atomic mass is 9.86. The second-order valence-electron chi connectivity index (χ2n) is 14.1. The summed E-state index contributed by atoms with van der Waals surface area (Å²) in [5.41, 5.74) is 14.3. The molecule has 5 heteroatoms. The minimum absolute atomic E-state index is 0.615. The molecule has 0 aliphatic rings. The van der Waals surface area contributed by atoms with Gasteiger partial charge in [-0.25, -0.2) is 19.9 Å². The third-order valence-corrected chi connectivity index (χ3v) is 10.5. The Hall–Kier alpha value is -8.07. The van der Waals surface area contributed by atoms with E-state index in [0.29, 0.717) is 17.2 Å². The van der Waals surface area contributed by atoms with Crippen LogP contribution in [0.3, 0.4) is 0 Å². The van der Waals surface area contributed by atoms with Gasteiger partial charge in [-0.2, -0.15) is 5.26 Å². The van der Waals surface area contributed by atoms with Crippen molar-refractivity contribution in [3.63, 3.8) is 0 Å². The first kappa shape index (κ1) is 34.4. The van der Waals surface area contributed by atoms with E-state index in [4.69, 9.17) is 19.9 Å². The number of rotatable bonds is 7. The Balaban J connectivity index is 1.15. The van der Waals surface area contributed by atoms with Crippen molar-refractivity contribution in [3.05, 3.63) is 206 Å². The third-order valence-electron chi connectivity index (χ3n) is 10.5. The summed E-state index contributed by atoms with van der Waals surface area (Å²) in [6.45, 7) is 0. The highest BCUT2D eigenvalue weighted by Crippen LogP contribution is 2.42. The zero-order valence-electron chi connectivity index (χ0n) is 31.3. The maximum Gasteiger partial charge on any atom is 0.160 e. The van der Waals surface area contributed by atoms with Gasteiger partial charge in [-0.3, -0.25) is 0 Å². The highest BCUT2D eigenvalue weighted by atomic mass is 14.9. The summed E-state index contributed by atoms with van der Waals surface area (Å²) >= 11 is 0. The number of para-hydroxylation sites is 2. The van der Waals surface area contributed by atoms with Crippen LogP contribution in [0.4, 0.5) is 0 Å². The average Bonchev–Trinajstić information content (AvgIpc) is 3.31. The van der Waals surface area contributed by atoms with E-state index in [2.05, 4.69) is 109 Å². The average molecular weight is 740 g/mol. The summed E-state index contributed by atoms with van der Waals surface area (Å²) in [7, 11) is 0. The van der Waals surface area contributed by atoms with Crippen LogP contribution in [0.1, 0.15) is 5.56 Å². The van der Waals surface area contributed by atoms with Gasteiger partial charge >= 0.3 is 0 Å². The van der Waals surface area contributed by atoms with E-state index >= 15 is 0 Å². The highest BCUT2D eigenvalue weighted by molar-refractivity contribution is 5.98. The van der Waals surface area contributed by atoms with Crippen molar-refractivity contribution in [2.45, 2.75) is 0 Å². The molecular formula is C53H33N5. The molecule has 0 bridgehead atoms. The van der Waals surface area contributed by atoms with Crippen molar-refractivity contribution in [2.24, 2.45) is 0 Å². The van der Waals surface area contributed by atoms with Gasteiger partial charge in [0.1, 0.15) is 0 Å². The topological polar surface area (TPSA) is 75.3 Å². The van der Waals surface area contributed by atoms with Gasteiger partial charge in [0, 0.05) is 33.0 Å². The van der Waals surface area contributed by atoms with E-state index in [9.17, 15) is 5.26 Å². The molecule has 0 saturated carbocycles. The quantitative estimate of drug-likeness (QED) is 0.163. The molecule has 10 aromatic rings. The van der Waals surface area contributed by atoms with Gasteiger partial charge in [-0.1, -0.05) is 164 Å². The molecule has 270 valence electrons. The normalized spacial score (nSPS) is 11.1. The molecule has 0 amide bonds. The van der Waals surface area contributed by atoms with E-state index in [-0.39, 0.29) is 0 Å². The Kier molecular flexibility index (Phi) is 8.83. The van der Waals surface area contributed by atoms with E-state index in [1.807, 2.05) is 97.1 Å². The second-order valence-corrected chi connectivity index (χ2v) is 14.1. The molecule has 0 fully saturated rings. The largest absolute Gasteiger partial charge is 0.228 e. The van der Waals surface area contributed by atoms with Crippen LogP contribution >= 0.6 is 0 Å². The molecular weight excluding hydrogens is 707 g/mol. The van der Waals surface area contributed by atoms with Crippen LogP contribution in [-0.2, 0) is 0 Å². The molecule has 0 radical (unpaired) electrons. The fraction of sp³-hybridized carbons (Fsp3) is 0. The molecule has 0 spiro atoms. The molecule has 0 N–H and O–H groups in total. The summed E-state index contributed by atoms with van der Waals surface area (Å²) in [4.78, 5) is 20.5. The maximum atomic E-state index is 9.61. The van der Waals surface area contributed by atoms with E-state index in [1.54, 1.807) is 0 Å². The van der Waals surface area contributed by atoms with Crippen LogP contribution in [0.15, 0.2) is 200 Å². The van der Waals surface area contributed by atoms with Gasteiger partial charge in [0.25, 0.3) is 0 Å². The van der Waals surface area contributed by atoms with Crippen molar-refractivity contribution < 1.29 is 0 Å². The Bertz CT molecular complexity index is 3170. The van der Waals surface area contributed by atoms with Crippen LogP contribution in [0, 0.1) is 11.3 Å². The van der Waals surface area contributed by atoms with Gasteiger partial charge in [-0.15, -0.1) is 0 Å². The van der Waals surface area contributed by atoms with Crippen molar-refractivity contribution in [2.75, 3.05) is 0 Å². The van der Waals surface area contributed by atoms with Crippen LogP contribution < -0.4 is 0 Å². The molecule has 10 rings (SSSR count). The summed E-state index contributed by atoms with van der Waals surface area (Å²) < 4.78 is 0. The number of hydrogen-bond acceptors (Lipinski definition) is 5. The van der Waals surface area contributed by atoms with E-state index in [0.717, 1.165) is 88.8 Å². The number of benzene rings is 8. The van der Waals surface area contributed by atoms with E-state index < -0.39 is 0 Å². The Labute approximate surface area is 336 Å². The molecule has 0 aliphatic carbocycles. The minimum atomic E-state index is 0.615. The number of hydrogen-bond donors (Lipinski definition) is 0. The zero-order valence-corrected chi connectivity index (χ0v) is 31.3. The number of fused-ring (bicyclic) bond motifs is 2. The molecule has 58 heavy (non-hydrogen) atoms. The maximum absolute atomic E-state index is 9.61. The summed E-state index contributed by atoms with van der Waals surface area (Å²) in [6.07, 6.45) is 0. The van der Waals surface area contributed by atoms with Crippen LogP contribution in [0.5, 0.6) is 0 Å². The molecule has 5 nitrogen and oxygen atoms in total. The molecule has 0 atom stereocenters. The van der Waals surface area contributed by atoms with Gasteiger partial charge in [0.15, 0.2) is 11.6 Å². The number of aromatic nitrogens is 4. The summed E-state index contributed by atoms with van der Waals surface area (Å²) in [5, 5.41) is 11.6. The fourth-order valence-electron chi connectivity index (χ4n) is 7.75. The molecule has 0 unspecified atom stereocenters. The van der Waals surface area contributed by atoms with Crippen LogP contribution in [0.25, 0.3) is 100 Å². The predicted molar refractivity (Wildman–Crippen MR) is 235 cm³/mol. The van der Waals surface area contributed by atoms with Gasteiger partial charge < -0.3 is 0 Å². The lowest BCUT2D eigenvalue weighted by Crippen LogP contribution is -1.97. The lowest BCUT2D eigenvalue weighted by molar-refractivity contribution is 1.23. The molecule has 0 saturated heterocycles. The lowest BCUT2D eigenvalue weighted by Gasteiger charge is -2.18. The van der Waals surface area contributed by atoms with Gasteiger partial charge in [0.2, 0.25) is 0 Å². The summed E-state index contributed by atoms with van der Waals surface area (Å²) in [5.74, 6) is 1.32.